The minimum Gasteiger partial charge on any atom is -0.778 e. The molecular formula is C32H38N5Na2O19P. The number of aromatic nitrogens is 2. The number of carboxylic acids is 1. The number of phenols is 1. The maximum Gasteiger partial charge on any atom is 1.00 e. The van der Waals surface area contributed by atoms with Crippen molar-refractivity contribution in [2.75, 3.05) is 31.7 Å². The van der Waals surface area contributed by atoms with Gasteiger partial charge in [-0.1, -0.05) is 0 Å². The Balaban J connectivity index is 0.00000465. The number of rotatable bonds is 15. The van der Waals surface area contributed by atoms with Crippen LogP contribution < -0.4 is 96.8 Å². The third-order valence-corrected chi connectivity index (χ3v) is 10.7. The number of nitrogens with one attached hydrogen (secondary N) is 2. The molecule has 2 aliphatic heterocycles. The van der Waals surface area contributed by atoms with Crippen LogP contribution in [0.3, 0.4) is 0 Å². The summed E-state index contributed by atoms with van der Waals surface area (Å²) in [4.78, 5) is 79.0. The number of carbonyl (C=O) groups is 3. The van der Waals surface area contributed by atoms with Gasteiger partial charge < -0.3 is 89.9 Å². The minimum atomic E-state index is -5.46. The number of aliphatic hydroxyl groups is 6. The second kappa shape index (κ2) is 20.8. The summed E-state index contributed by atoms with van der Waals surface area (Å²) in [6, 6.07) is 4.23. The van der Waals surface area contributed by atoms with E-state index in [-0.39, 0.29) is 81.8 Å². The van der Waals surface area contributed by atoms with E-state index < -0.39 is 136 Å². The van der Waals surface area contributed by atoms with E-state index in [0.29, 0.717) is 5.39 Å². The number of anilines is 1. The maximum atomic E-state index is 13.2. The molecule has 2 aromatic heterocycles. The molecule has 2 fully saturated rings. The van der Waals surface area contributed by atoms with Crippen LogP contribution in [-0.2, 0) is 39.4 Å². The Bertz CT molecular complexity index is 2160. The molecule has 11 N–H and O–H groups in total. The van der Waals surface area contributed by atoms with Crippen LogP contribution in [0.2, 0.25) is 0 Å². The molecule has 24 nitrogen and oxygen atoms in total. The van der Waals surface area contributed by atoms with Crippen LogP contribution in [-0.4, -0.2) is 143 Å². The molecule has 27 heteroatoms. The summed E-state index contributed by atoms with van der Waals surface area (Å²) in [6.07, 6.45) is -17.6. The smallest absolute Gasteiger partial charge is 0.778 e. The van der Waals surface area contributed by atoms with Crippen LogP contribution in [0.5, 0.6) is 5.75 Å². The fourth-order valence-electron chi connectivity index (χ4n) is 6.43. The van der Waals surface area contributed by atoms with E-state index >= 15 is 0 Å². The molecule has 6 unspecified atom stereocenters. The zero-order valence-electron chi connectivity index (χ0n) is 31.4. The van der Waals surface area contributed by atoms with Crippen molar-refractivity contribution in [3.8, 4) is 5.75 Å². The monoisotopic (exact) mass is 873 g/mol. The number of carboxylic acid groups (broad SMARTS) is 1. The first-order valence-corrected chi connectivity index (χ1v) is 18.6. The number of benzene rings is 1. The maximum absolute atomic E-state index is 13.2. The van der Waals surface area contributed by atoms with Crippen molar-refractivity contribution in [3.63, 3.8) is 0 Å². The molecule has 2 aliphatic rings. The number of aromatic hydroxyl groups is 1. The zero-order chi connectivity index (χ0) is 42.0. The predicted molar refractivity (Wildman–Crippen MR) is 182 cm³/mol. The van der Waals surface area contributed by atoms with Gasteiger partial charge in [-0.05, 0) is 23.8 Å². The Morgan fingerprint density at radius 1 is 1.10 bits per heavy atom. The molecule has 0 spiro atoms. The standard InChI is InChI=1S/C32H40N5O19P.2Na/c33-20-3-4-37(31(50)35-20)29-27(47)26(46)19(55-29)11-53-57(51,52)12-32(30(48)49)8-16(40)24(28(56-32)25(45)17(41)10-38)36-22(43)9-34-21(42)5-13-6-23(44)54-18-7-14(39)1-2-15(13)18;;/h1-4,6-7,16-17,19,24-29,38-41,45-47H,5,8-12H2,(H,34,42)(H,36,43)(H,48,49)(H,51,52)(H2,33,35,50);;/q;2*+1/p-2/t16?,17-,19-,24?,25-,26+,27?,28?,29-,32?;;/m1../s1. The van der Waals surface area contributed by atoms with E-state index in [4.69, 9.17) is 24.1 Å². The summed E-state index contributed by atoms with van der Waals surface area (Å²) in [5.74, 6) is -4.49. The molecule has 0 aliphatic carbocycles. The first kappa shape index (κ1) is 50.5. The molecule has 4 heterocycles. The SMILES string of the molecule is Nc1ccn([C@@H]2O[C@H](COP(=O)([O-])CC3(C(=O)[O-])CC(O)C(NC(=O)CNC(=O)Cc4cc(=O)oc5cc(O)ccc45)C([C@H](O)[C@H](O)CO)O3)[C@H](O)C2O)c(=O)n1.[Na+].[Na+]. The third-order valence-electron chi connectivity index (χ3n) is 9.24. The number of carbonyl (C=O) groups excluding carboxylic acids is 3. The van der Waals surface area contributed by atoms with Gasteiger partial charge in [0.25, 0.3) is 0 Å². The zero-order valence-corrected chi connectivity index (χ0v) is 36.2. The van der Waals surface area contributed by atoms with Gasteiger partial charge in [-0.3, -0.25) is 14.2 Å². The number of ether oxygens (including phenoxy) is 2. The van der Waals surface area contributed by atoms with Gasteiger partial charge in [0.2, 0.25) is 11.8 Å². The van der Waals surface area contributed by atoms with Crippen LogP contribution >= 0.6 is 7.60 Å². The number of aliphatic hydroxyl groups excluding tert-OH is 6. The average Bonchev–Trinajstić information content (AvgIpc) is 3.41. The van der Waals surface area contributed by atoms with E-state index in [1.54, 1.807) is 0 Å². The molecule has 312 valence electrons. The second-order valence-electron chi connectivity index (χ2n) is 13.3. The van der Waals surface area contributed by atoms with Gasteiger partial charge in [0, 0.05) is 36.3 Å². The Hall–Kier alpha value is -2.85. The molecule has 2 amide bonds. The number of amides is 2. The van der Waals surface area contributed by atoms with Crippen molar-refractivity contribution >= 4 is 42.2 Å². The summed E-state index contributed by atoms with van der Waals surface area (Å²) in [5, 5.41) is 89.5. The van der Waals surface area contributed by atoms with Gasteiger partial charge in [0.15, 0.2) is 6.23 Å². The van der Waals surface area contributed by atoms with Gasteiger partial charge in [-0.2, -0.15) is 4.98 Å². The Kier molecular flexibility index (Phi) is 17.8. The van der Waals surface area contributed by atoms with Crippen molar-refractivity contribution in [1.82, 2.24) is 20.2 Å². The van der Waals surface area contributed by atoms with Crippen molar-refractivity contribution < 1.29 is 142 Å². The molecule has 2 saturated heterocycles. The minimum absolute atomic E-state index is 0. The molecule has 3 aromatic rings. The first-order valence-electron chi connectivity index (χ1n) is 16.9. The number of fused-ring (bicyclic) bond motifs is 1. The number of nitrogen functional groups attached to an aromatic ring is 1. The third kappa shape index (κ3) is 12.0. The van der Waals surface area contributed by atoms with Crippen molar-refractivity contribution in [3.05, 3.63) is 63.0 Å². The number of hydrogen-bond donors (Lipinski definition) is 10. The number of phenolic OH excluding ortho intramolecular Hbond substituents is 1. The normalized spacial score (nSPS) is 27.3. The summed E-state index contributed by atoms with van der Waals surface area (Å²) in [7, 11) is -5.46. The Labute approximate surface area is 376 Å². The number of nitrogens with zero attached hydrogens (tertiary/aromatic N) is 2. The van der Waals surface area contributed by atoms with E-state index in [0.717, 1.165) is 22.9 Å². The van der Waals surface area contributed by atoms with Crippen LogP contribution in [0.25, 0.3) is 11.0 Å². The van der Waals surface area contributed by atoms with Crippen LogP contribution in [0.1, 0.15) is 18.2 Å². The number of aliphatic carboxylic acids is 1. The number of hydrogen-bond acceptors (Lipinski definition) is 21. The molecule has 1 aromatic carbocycles. The summed E-state index contributed by atoms with van der Waals surface area (Å²) < 4.78 is 34.8. The fourth-order valence-corrected chi connectivity index (χ4v) is 7.85. The number of nitrogens with two attached hydrogens (primary N) is 1. The molecule has 0 bridgehead atoms. The first-order chi connectivity index (χ1) is 26.7. The van der Waals surface area contributed by atoms with E-state index in [1.165, 1.54) is 18.2 Å². The van der Waals surface area contributed by atoms with Gasteiger partial charge in [0.1, 0.15) is 67.0 Å². The van der Waals surface area contributed by atoms with Crippen LogP contribution in [0.4, 0.5) is 5.82 Å². The fraction of sp³-hybridized carbons (Fsp3) is 0.500. The van der Waals surface area contributed by atoms with E-state index in [9.17, 15) is 74.3 Å². The topological polar surface area (TPSA) is 399 Å². The van der Waals surface area contributed by atoms with Gasteiger partial charge in [-0.15, -0.1) is 0 Å². The largest absolute Gasteiger partial charge is 1.00 e. The molecule has 59 heavy (non-hydrogen) atoms. The van der Waals surface area contributed by atoms with E-state index in [1.807, 2.05) is 0 Å². The summed E-state index contributed by atoms with van der Waals surface area (Å²) in [5.41, 5.74) is 0.752. The molecule has 5 rings (SSSR count). The Morgan fingerprint density at radius 3 is 2.44 bits per heavy atom. The quantitative estimate of drug-likeness (QED) is 0.0385. The summed E-state index contributed by atoms with van der Waals surface area (Å²) >= 11 is 0. The Morgan fingerprint density at radius 2 is 1.80 bits per heavy atom. The second-order valence-corrected chi connectivity index (χ2v) is 15.1. The molecule has 11 atom stereocenters. The predicted octanol–water partition coefficient (Wildman–Crippen LogP) is -13.0. The molecule has 0 radical (unpaired) electrons. The van der Waals surface area contributed by atoms with Crippen LogP contribution in [0.15, 0.2) is 50.5 Å². The van der Waals surface area contributed by atoms with Crippen molar-refractivity contribution in [2.45, 2.75) is 73.4 Å². The van der Waals surface area contributed by atoms with Gasteiger partial charge in [0.05, 0.1) is 44.3 Å². The van der Waals surface area contributed by atoms with Gasteiger partial charge in [-0.25, -0.2) is 9.59 Å². The van der Waals surface area contributed by atoms with Gasteiger partial charge >= 0.3 is 70.4 Å². The molecular weight excluding hydrogens is 835 g/mol. The summed E-state index contributed by atoms with van der Waals surface area (Å²) in [6.45, 7) is -3.01. The average molecular weight is 874 g/mol. The van der Waals surface area contributed by atoms with E-state index in [2.05, 4.69) is 15.6 Å². The van der Waals surface area contributed by atoms with Crippen molar-refractivity contribution in [1.29, 1.82) is 0 Å². The molecule has 0 saturated carbocycles. The van der Waals surface area contributed by atoms with Crippen LogP contribution in [0, 0.1) is 0 Å². The van der Waals surface area contributed by atoms with Crippen molar-refractivity contribution in [2.24, 2.45) is 0 Å².